The van der Waals surface area contributed by atoms with Crippen molar-refractivity contribution in [3.63, 3.8) is 0 Å². The van der Waals surface area contributed by atoms with Gasteiger partial charge < -0.3 is 15.2 Å². The quantitative estimate of drug-likeness (QED) is 0.495. The molecule has 2 amide bonds. The Bertz CT molecular complexity index is 1130. The Labute approximate surface area is 190 Å². The highest BCUT2D eigenvalue weighted by Crippen LogP contribution is 2.22. The topological polar surface area (TPSA) is 88.9 Å². The monoisotopic (exact) mass is 455 g/mol. The van der Waals surface area contributed by atoms with Gasteiger partial charge in [0.1, 0.15) is 5.82 Å². The number of aryl methyl sites for hydroxylation is 2. The number of hydrogen-bond donors (Lipinski definition) is 2. The number of hydrogen-bond acceptors (Lipinski definition) is 5. The molecule has 0 unspecified atom stereocenters. The van der Waals surface area contributed by atoms with E-state index in [-0.39, 0.29) is 23.6 Å². The van der Waals surface area contributed by atoms with Gasteiger partial charge >= 0.3 is 0 Å². The van der Waals surface area contributed by atoms with Crippen molar-refractivity contribution in [2.45, 2.75) is 45.4 Å². The van der Waals surface area contributed by atoms with E-state index in [2.05, 4.69) is 20.8 Å². The summed E-state index contributed by atoms with van der Waals surface area (Å²) in [5.41, 5.74) is 2.81. The van der Waals surface area contributed by atoms with Gasteiger partial charge in [-0.1, -0.05) is 35.5 Å². The zero-order chi connectivity index (χ0) is 23.3. The molecule has 0 saturated carbocycles. The Morgan fingerprint density at radius 1 is 1.16 bits per heavy atom. The molecular formula is C23H26FN5O2S. The highest BCUT2D eigenvalue weighted by Gasteiger charge is 2.20. The second-order valence-corrected chi connectivity index (χ2v) is 8.39. The van der Waals surface area contributed by atoms with Crippen molar-refractivity contribution in [2.24, 2.45) is 0 Å². The Morgan fingerprint density at radius 3 is 2.66 bits per heavy atom. The van der Waals surface area contributed by atoms with Crippen LogP contribution in [0, 0.1) is 19.7 Å². The fraction of sp³-hybridized carbons (Fsp3) is 0.304. The van der Waals surface area contributed by atoms with Gasteiger partial charge in [-0.25, -0.2) is 4.39 Å². The first-order chi connectivity index (χ1) is 15.3. The molecule has 3 rings (SSSR count). The Balaban J connectivity index is 1.64. The van der Waals surface area contributed by atoms with Crippen LogP contribution >= 0.6 is 11.8 Å². The summed E-state index contributed by atoms with van der Waals surface area (Å²) < 4.78 is 15.3. The highest BCUT2D eigenvalue weighted by atomic mass is 32.2. The summed E-state index contributed by atoms with van der Waals surface area (Å²) in [5.74, 6) is -0.159. The largest absolute Gasteiger partial charge is 0.342 e. The first-order valence-corrected chi connectivity index (χ1v) is 11.3. The van der Waals surface area contributed by atoms with Crippen LogP contribution in [0.5, 0.6) is 0 Å². The molecule has 0 radical (unpaired) electrons. The summed E-state index contributed by atoms with van der Waals surface area (Å²) in [5, 5.41) is 14.7. The Hall–Kier alpha value is -3.20. The minimum atomic E-state index is -0.407. The second-order valence-electron chi connectivity index (χ2n) is 7.45. The molecule has 0 spiro atoms. The van der Waals surface area contributed by atoms with Crippen LogP contribution in [-0.2, 0) is 11.3 Å². The fourth-order valence-corrected chi connectivity index (χ4v) is 4.01. The number of benzene rings is 2. The molecule has 168 valence electrons. The molecule has 9 heteroatoms. The standard InChI is InChI=1S/C23H26FN5O2S/c1-5-29-21(16(4)25-22(31)17-8-6-7-14(2)11-17)27-28-23(29)32-13-20(30)26-19-12-18(24)10-9-15(19)3/h6-12,16H,5,13H2,1-4H3,(H,25,31)(H,26,30)/t16-/m1/s1. The number of amides is 2. The van der Waals surface area contributed by atoms with Crippen LogP contribution in [0.3, 0.4) is 0 Å². The van der Waals surface area contributed by atoms with E-state index in [1.807, 2.05) is 43.5 Å². The van der Waals surface area contributed by atoms with Crippen molar-refractivity contribution < 1.29 is 14.0 Å². The molecule has 1 heterocycles. The first kappa shape index (κ1) is 23.5. The van der Waals surface area contributed by atoms with E-state index in [0.29, 0.717) is 28.8 Å². The number of nitrogens with zero attached hydrogens (tertiary/aromatic N) is 3. The highest BCUT2D eigenvalue weighted by molar-refractivity contribution is 7.99. The predicted octanol–water partition coefficient (Wildman–Crippen LogP) is 4.28. The van der Waals surface area contributed by atoms with Crippen LogP contribution < -0.4 is 10.6 Å². The lowest BCUT2D eigenvalue weighted by Crippen LogP contribution is -2.28. The van der Waals surface area contributed by atoms with E-state index in [0.717, 1.165) is 11.1 Å². The lowest BCUT2D eigenvalue weighted by atomic mass is 10.1. The molecule has 1 aromatic heterocycles. The van der Waals surface area contributed by atoms with Crippen LogP contribution in [0.1, 0.15) is 47.2 Å². The predicted molar refractivity (Wildman–Crippen MR) is 123 cm³/mol. The number of anilines is 1. The average Bonchev–Trinajstić information content (AvgIpc) is 3.18. The molecule has 0 fully saturated rings. The molecule has 0 saturated heterocycles. The van der Waals surface area contributed by atoms with Gasteiger partial charge in [-0.15, -0.1) is 10.2 Å². The van der Waals surface area contributed by atoms with Crippen LogP contribution in [0.2, 0.25) is 0 Å². The number of aromatic nitrogens is 3. The number of carbonyl (C=O) groups excluding carboxylic acids is 2. The molecule has 3 aromatic rings. The molecule has 0 bridgehead atoms. The third-order valence-corrected chi connectivity index (χ3v) is 5.85. The van der Waals surface area contributed by atoms with Crippen molar-refractivity contribution in [1.29, 1.82) is 0 Å². The van der Waals surface area contributed by atoms with Crippen LogP contribution in [0.25, 0.3) is 0 Å². The van der Waals surface area contributed by atoms with Gasteiger partial charge in [0.2, 0.25) is 5.91 Å². The van der Waals surface area contributed by atoms with E-state index < -0.39 is 5.82 Å². The smallest absolute Gasteiger partial charge is 0.251 e. The molecule has 7 nitrogen and oxygen atoms in total. The SMILES string of the molecule is CCn1c(SCC(=O)Nc2cc(F)ccc2C)nnc1[C@@H](C)NC(=O)c1cccc(C)c1. The van der Waals surface area contributed by atoms with Gasteiger partial charge in [0.25, 0.3) is 5.91 Å². The first-order valence-electron chi connectivity index (χ1n) is 10.3. The average molecular weight is 456 g/mol. The van der Waals surface area contributed by atoms with Gasteiger partial charge in [-0.2, -0.15) is 0 Å². The summed E-state index contributed by atoms with van der Waals surface area (Å²) in [6.45, 7) is 8.11. The van der Waals surface area contributed by atoms with Gasteiger partial charge in [0, 0.05) is 17.8 Å². The number of nitrogens with one attached hydrogen (secondary N) is 2. The molecular weight excluding hydrogens is 429 g/mol. The lowest BCUT2D eigenvalue weighted by Gasteiger charge is -2.15. The maximum atomic E-state index is 13.4. The fourth-order valence-electron chi connectivity index (χ4n) is 3.20. The number of carbonyl (C=O) groups is 2. The second kappa shape index (κ2) is 10.4. The number of halogens is 1. The molecule has 0 aliphatic rings. The summed E-state index contributed by atoms with van der Waals surface area (Å²) >= 11 is 1.24. The van der Waals surface area contributed by atoms with Crippen LogP contribution in [0.4, 0.5) is 10.1 Å². The van der Waals surface area contributed by atoms with Crippen molar-refractivity contribution >= 4 is 29.3 Å². The summed E-state index contributed by atoms with van der Waals surface area (Å²) in [6, 6.07) is 11.3. The molecule has 0 aliphatic carbocycles. The number of thioether (sulfide) groups is 1. The number of rotatable bonds is 8. The van der Waals surface area contributed by atoms with Gasteiger partial charge in [0.15, 0.2) is 11.0 Å². The molecule has 0 aliphatic heterocycles. The van der Waals surface area contributed by atoms with Crippen molar-refractivity contribution in [3.8, 4) is 0 Å². The summed E-state index contributed by atoms with van der Waals surface area (Å²) in [6.07, 6.45) is 0. The van der Waals surface area contributed by atoms with Crippen molar-refractivity contribution in [2.75, 3.05) is 11.1 Å². The van der Waals surface area contributed by atoms with Crippen LogP contribution in [-0.4, -0.2) is 32.3 Å². The van der Waals surface area contributed by atoms with Crippen molar-refractivity contribution in [1.82, 2.24) is 20.1 Å². The summed E-state index contributed by atoms with van der Waals surface area (Å²) in [4.78, 5) is 24.9. The van der Waals surface area contributed by atoms with Gasteiger partial charge in [-0.3, -0.25) is 9.59 Å². The van der Waals surface area contributed by atoms with E-state index in [9.17, 15) is 14.0 Å². The lowest BCUT2D eigenvalue weighted by molar-refractivity contribution is -0.113. The van der Waals surface area contributed by atoms with Crippen LogP contribution in [0.15, 0.2) is 47.6 Å². The Kier molecular flexibility index (Phi) is 7.63. The van der Waals surface area contributed by atoms with E-state index in [1.54, 1.807) is 19.1 Å². The minimum absolute atomic E-state index is 0.0954. The van der Waals surface area contributed by atoms with Gasteiger partial charge in [0.05, 0.1) is 11.8 Å². The normalized spacial score (nSPS) is 11.8. The molecule has 2 N–H and O–H groups in total. The van der Waals surface area contributed by atoms with Gasteiger partial charge in [-0.05, 0) is 57.5 Å². The Morgan fingerprint density at radius 2 is 1.94 bits per heavy atom. The third kappa shape index (κ3) is 5.73. The zero-order valence-corrected chi connectivity index (χ0v) is 19.3. The molecule has 32 heavy (non-hydrogen) atoms. The summed E-state index contributed by atoms with van der Waals surface area (Å²) in [7, 11) is 0. The third-order valence-electron chi connectivity index (χ3n) is 4.88. The maximum absolute atomic E-state index is 13.4. The van der Waals surface area contributed by atoms with Crippen molar-refractivity contribution in [3.05, 3.63) is 70.8 Å². The van der Waals surface area contributed by atoms with E-state index >= 15 is 0 Å². The maximum Gasteiger partial charge on any atom is 0.251 e. The molecule has 1 atom stereocenters. The van der Waals surface area contributed by atoms with E-state index in [4.69, 9.17) is 0 Å². The molecule has 2 aromatic carbocycles. The van der Waals surface area contributed by atoms with E-state index in [1.165, 1.54) is 23.9 Å². The zero-order valence-electron chi connectivity index (χ0n) is 18.5. The minimum Gasteiger partial charge on any atom is -0.342 e.